The van der Waals surface area contributed by atoms with Crippen LogP contribution in [-0.4, -0.2) is 54.3 Å². The predicted octanol–water partition coefficient (Wildman–Crippen LogP) is 4.30. The van der Waals surface area contributed by atoms with E-state index in [4.69, 9.17) is 9.47 Å². The fourth-order valence-electron chi connectivity index (χ4n) is 2.69. The lowest BCUT2D eigenvalue weighted by atomic mass is 10.1. The Balaban J connectivity index is 2.06. The largest absolute Gasteiger partial charge is 0.456 e. The molecular formula is C20H29IN2O4. The summed E-state index contributed by atoms with van der Waals surface area (Å²) >= 11 is 2.21. The SMILES string of the molecule is CC(C)(C)OC(=O)c1cc(I)cc(N2CCN(C(=O)OC(C)(C)C)CC2)c1. The van der Waals surface area contributed by atoms with E-state index in [-0.39, 0.29) is 12.1 Å². The van der Waals surface area contributed by atoms with Gasteiger partial charge in [0.1, 0.15) is 11.2 Å². The number of halogens is 1. The summed E-state index contributed by atoms with van der Waals surface area (Å²) in [4.78, 5) is 28.5. The lowest BCUT2D eigenvalue weighted by Gasteiger charge is -2.37. The summed E-state index contributed by atoms with van der Waals surface area (Å²) in [6.45, 7) is 13.7. The van der Waals surface area contributed by atoms with E-state index in [0.29, 0.717) is 31.7 Å². The molecule has 1 aromatic carbocycles. The van der Waals surface area contributed by atoms with Crippen LogP contribution in [0.2, 0.25) is 0 Å². The van der Waals surface area contributed by atoms with Crippen molar-refractivity contribution in [1.29, 1.82) is 0 Å². The van der Waals surface area contributed by atoms with Crippen LogP contribution in [-0.2, 0) is 9.47 Å². The minimum atomic E-state index is -0.530. The molecule has 0 unspecified atom stereocenters. The molecule has 150 valence electrons. The van der Waals surface area contributed by atoms with Crippen LogP contribution in [0.3, 0.4) is 0 Å². The normalized spacial score (nSPS) is 15.5. The van der Waals surface area contributed by atoms with Gasteiger partial charge in [-0.15, -0.1) is 0 Å². The first-order valence-corrected chi connectivity index (χ1v) is 10.2. The van der Waals surface area contributed by atoms with Crippen molar-refractivity contribution in [2.75, 3.05) is 31.1 Å². The first-order valence-electron chi connectivity index (χ1n) is 9.11. The van der Waals surface area contributed by atoms with Crippen molar-refractivity contribution in [2.24, 2.45) is 0 Å². The smallest absolute Gasteiger partial charge is 0.410 e. The fraction of sp³-hybridized carbons (Fsp3) is 0.600. The van der Waals surface area contributed by atoms with Gasteiger partial charge in [0, 0.05) is 35.4 Å². The molecular weight excluding hydrogens is 459 g/mol. The highest BCUT2D eigenvalue weighted by Crippen LogP contribution is 2.24. The van der Waals surface area contributed by atoms with Crippen molar-refractivity contribution >= 4 is 40.3 Å². The summed E-state index contributed by atoms with van der Waals surface area (Å²) in [6, 6.07) is 5.73. The third kappa shape index (κ3) is 6.86. The highest BCUT2D eigenvalue weighted by molar-refractivity contribution is 14.1. The van der Waals surface area contributed by atoms with Gasteiger partial charge in [0.25, 0.3) is 0 Å². The second-order valence-corrected chi connectivity index (χ2v) is 9.90. The van der Waals surface area contributed by atoms with Gasteiger partial charge in [-0.05, 0) is 82.3 Å². The number of benzene rings is 1. The van der Waals surface area contributed by atoms with Gasteiger partial charge in [0.15, 0.2) is 0 Å². The Bertz CT molecular complexity index is 699. The number of esters is 1. The monoisotopic (exact) mass is 488 g/mol. The van der Waals surface area contributed by atoms with Crippen LogP contribution in [0.4, 0.5) is 10.5 Å². The maximum Gasteiger partial charge on any atom is 0.410 e. The molecule has 0 aromatic heterocycles. The molecule has 1 heterocycles. The molecule has 0 aliphatic carbocycles. The summed E-state index contributed by atoms with van der Waals surface area (Å²) in [5, 5.41) is 0. The Labute approximate surface area is 175 Å². The van der Waals surface area contributed by atoms with E-state index in [1.54, 1.807) is 4.90 Å². The van der Waals surface area contributed by atoms with Crippen LogP contribution in [0, 0.1) is 3.57 Å². The van der Waals surface area contributed by atoms with Gasteiger partial charge >= 0.3 is 12.1 Å². The minimum Gasteiger partial charge on any atom is -0.456 e. The molecule has 0 saturated carbocycles. The Hall–Kier alpha value is -1.51. The quantitative estimate of drug-likeness (QED) is 0.459. The summed E-state index contributed by atoms with van der Waals surface area (Å²) in [7, 11) is 0. The van der Waals surface area contributed by atoms with Crippen LogP contribution >= 0.6 is 22.6 Å². The number of ether oxygens (including phenoxy) is 2. The lowest BCUT2D eigenvalue weighted by molar-refractivity contribution is 0.00689. The number of carbonyl (C=O) groups excluding carboxylic acids is 2. The minimum absolute atomic E-state index is 0.278. The van der Waals surface area contributed by atoms with Gasteiger partial charge in [-0.3, -0.25) is 0 Å². The van der Waals surface area contributed by atoms with Crippen LogP contribution in [0.15, 0.2) is 18.2 Å². The second kappa shape index (κ2) is 8.24. The topological polar surface area (TPSA) is 59.1 Å². The number of amides is 1. The van der Waals surface area contributed by atoms with Crippen molar-refractivity contribution in [1.82, 2.24) is 4.90 Å². The number of hydrogen-bond donors (Lipinski definition) is 0. The van der Waals surface area contributed by atoms with Crippen molar-refractivity contribution in [3.63, 3.8) is 0 Å². The van der Waals surface area contributed by atoms with Crippen LogP contribution < -0.4 is 4.90 Å². The molecule has 0 atom stereocenters. The Kier molecular flexibility index (Phi) is 6.65. The zero-order valence-electron chi connectivity index (χ0n) is 17.0. The first kappa shape index (κ1) is 21.8. The molecule has 27 heavy (non-hydrogen) atoms. The zero-order chi connectivity index (χ0) is 20.4. The van der Waals surface area contributed by atoms with E-state index < -0.39 is 11.2 Å². The molecule has 1 aliphatic heterocycles. The molecule has 1 amide bonds. The van der Waals surface area contributed by atoms with Gasteiger partial charge in [0.05, 0.1) is 5.56 Å². The molecule has 0 radical (unpaired) electrons. The van der Waals surface area contributed by atoms with Crippen molar-refractivity contribution in [3.05, 3.63) is 27.3 Å². The van der Waals surface area contributed by atoms with E-state index in [0.717, 1.165) is 9.26 Å². The average Bonchev–Trinajstić information content (AvgIpc) is 2.51. The highest BCUT2D eigenvalue weighted by atomic mass is 127. The Morgan fingerprint density at radius 1 is 0.889 bits per heavy atom. The summed E-state index contributed by atoms with van der Waals surface area (Å²) in [5.74, 6) is -0.324. The van der Waals surface area contributed by atoms with Crippen molar-refractivity contribution in [3.8, 4) is 0 Å². The number of hydrogen-bond acceptors (Lipinski definition) is 5. The fourth-order valence-corrected chi connectivity index (χ4v) is 3.34. The van der Waals surface area contributed by atoms with Crippen LogP contribution in [0.1, 0.15) is 51.9 Å². The predicted molar refractivity (Wildman–Crippen MR) is 114 cm³/mol. The zero-order valence-corrected chi connectivity index (χ0v) is 19.1. The van der Waals surface area contributed by atoms with E-state index in [1.165, 1.54) is 0 Å². The molecule has 7 heteroatoms. The molecule has 1 aromatic rings. The van der Waals surface area contributed by atoms with E-state index in [9.17, 15) is 9.59 Å². The van der Waals surface area contributed by atoms with Gasteiger partial charge in [-0.1, -0.05) is 0 Å². The first-order chi connectivity index (χ1) is 12.3. The van der Waals surface area contributed by atoms with Crippen molar-refractivity contribution < 1.29 is 19.1 Å². The highest BCUT2D eigenvalue weighted by Gasteiger charge is 2.26. The molecule has 0 N–H and O–H groups in total. The maximum absolute atomic E-state index is 12.4. The Morgan fingerprint density at radius 3 is 1.96 bits per heavy atom. The molecule has 1 aliphatic rings. The number of rotatable bonds is 2. The average molecular weight is 488 g/mol. The van der Waals surface area contributed by atoms with Gasteiger partial charge < -0.3 is 19.3 Å². The standard InChI is InChI=1S/C20H29IN2O4/c1-19(2,3)26-17(24)14-11-15(21)13-16(12-14)22-7-9-23(10-8-22)18(25)27-20(4,5)6/h11-13H,7-10H2,1-6H3. The van der Waals surface area contributed by atoms with Gasteiger partial charge in [0.2, 0.25) is 0 Å². The summed E-state index contributed by atoms with van der Waals surface area (Å²) in [6.07, 6.45) is -0.278. The third-order valence-electron chi connectivity index (χ3n) is 3.81. The molecule has 0 spiro atoms. The van der Waals surface area contributed by atoms with E-state index in [2.05, 4.69) is 27.5 Å². The van der Waals surface area contributed by atoms with Crippen LogP contribution in [0.5, 0.6) is 0 Å². The van der Waals surface area contributed by atoms with Gasteiger partial charge in [-0.25, -0.2) is 9.59 Å². The van der Waals surface area contributed by atoms with E-state index in [1.807, 2.05) is 59.7 Å². The number of carbonyl (C=O) groups is 2. The maximum atomic E-state index is 12.4. The van der Waals surface area contributed by atoms with Gasteiger partial charge in [-0.2, -0.15) is 0 Å². The summed E-state index contributed by atoms with van der Waals surface area (Å²) in [5.41, 5.74) is 0.483. The van der Waals surface area contributed by atoms with Crippen molar-refractivity contribution in [2.45, 2.75) is 52.7 Å². The second-order valence-electron chi connectivity index (χ2n) is 8.65. The third-order valence-corrected chi connectivity index (χ3v) is 4.44. The summed E-state index contributed by atoms with van der Waals surface area (Å²) < 4.78 is 11.9. The molecule has 6 nitrogen and oxygen atoms in total. The van der Waals surface area contributed by atoms with Crippen LogP contribution in [0.25, 0.3) is 0 Å². The number of anilines is 1. The molecule has 0 bridgehead atoms. The van der Waals surface area contributed by atoms with E-state index >= 15 is 0 Å². The number of piperazine rings is 1. The Morgan fingerprint density at radius 2 is 1.44 bits per heavy atom. The lowest BCUT2D eigenvalue weighted by Crippen LogP contribution is -2.50. The number of nitrogens with zero attached hydrogens (tertiary/aromatic N) is 2. The molecule has 1 fully saturated rings. The molecule has 1 saturated heterocycles. The molecule has 2 rings (SSSR count).